The van der Waals surface area contributed by atoms with Crippen molar-refractivity contribution in [1.82, 2.24) is 0 Å². The molecule has 3 nitrogen and oxygen atoms in total. The Morgan fingerprint density at radius 1 is 1.24 bits per heavy atom. The van der Waals surface area contributed by atoms with Crippen molar-refractivity contribution in [2.45, 2.75) is 37.8 Å². The number of nitrogens with two attached hydrogens (primary N) is 1. The molecule has 0 fully saturated rings. The zero-order valence-corrected chi connectivity index (χ0v) is 11.1. The lowest BCUT2D eigenvalue weighted by Gasteiger charge is -2.20. The van der Waals surface area contributed by atoms with Gasteiger partial charge in [0.05, 0.1) is 10.5 Å². The molecule has 0 aromatic heterocycles. The lowest BCUT2D eigenvalue weighted by Crippen LogP contribution is -2.29. The molecular weight excluding hydrogens is 241 g/mol. The van der Waals surface area contributed by atoms with E-state index in [1.165, 1.54) is 18.2 Å². The maximum absolute atomic E-state index is 13.0. The molecule has 0 bridgehead atoms. The summed E-state index contributed by atoms with van der Waals surface area (Å²) in [6, 6.07) is 4.03. The molecule has 2 N–H and O–H groups in total. The predicted octanol–water partition coefficient (Wildman–Crippen LogP) is 2.00. The molecular formula is C12H18FNO2S. The first-order chi connectivity index (χ1) is 7.67. The first-order valence-electron chi connectivity index (χ1n) is 5.37. The van der Waals surface area contributed by atoms with Gasteiger partial charge in [0.2, 0.25) is 0 Å². The van der Waals surface area contributed by atoms with Crippen LogP contribution < -0.4 is 5.73 Å². The Balaban J connectivity index is 3.13. The van der Waals surface area contributed by atoms with Gasteiger partial charge in [-0.2, -0.15) is 0 Å². The van der Waals surface area contributed by atoms with Crippen LogP contribution in [0.25, 0.3) is 0 Å². The summed E-state index contributed by atoms with van der Waals surface area (Å²) in [4.78, 5) is 0. The molecule has 1 rings (SSSR count). The molecule has 0 atom stereocenters. The van der Waals surface area contributed by atoms with E-state index in [1.54, 1.807) is 20.8 Å². The Bertz CT molecular complexity index is 504. The average molecular weight is 259 g/mol. The Morgan fingerprint density at radius 3 is 2.29 bits per heavy atom. The van der Waals surface area contributed by atoms with Crippen LogP contribution in [0.1, 0.15) is 31.9 Å². The molecule has 0 saturated heterocycles. The monoisotopic (exact) mass is 259 g/mol. The van der Waals surface area contributed by atoms with Gasteiger partial charge >= 0.3 is 0 Å². The number of benzene rings is 1. The highest BCUT2D eigenvalue weighted by Gasteiger charge is 2.29. The average Bonchev–Trinajstić information content (AvgIpc) is 2.18. The van der Waals surface area contributed by atoms with E-state index in [0.29, 0.717) is 11.1 Å². The molecule has 5 heteroatoms. The zero-order chi connectivity index (χ0) is 13.3. The van der Waals surface area contributed by atoms with Crippen LogP contribution in [0, 0.1) is 5.82 Å². The van der Waals surface area contributed by atoms with Crippen molar-refractivity contribution in [2.75, 3.05) is 0 Å². The van der Waals surface area contributed by atoms with Crippen LogP contribution >= 0.6 is 0 Å². The molecule has 0 aliphatic heterocycles. The molecule has 1 aromatic rings. The minimum atomic E-state index is -3.27. The van der Waals surface area contributed by atoms with Gasteiger partial charge in [-0.1, -0.05) is 6.07 Å². The van der Waals surface area contributed by atoms with E-state index in [2.05, 4.69) is 0 Å². The molecule has 96 valence electrons. The Labute approximate surface area is 102 Å². The topological polar surface area (TPSA) is 60.2 Å². The van der Waals surface area contributed by atoms with Crippen LogP contribution in [0.3, 0.4) is 0 Å². The number of hydrogen-bond acceptors (Lipinski definition) is 3. The molecule has 0 aliphatic rings. The maximum Gasteiger partial charge on any atom is 0.159 e. The minimum absolute atomic E-state index is 0.108. The quantitative estimate of drug-likeness (QED) is 0.903. The Kier molecular flexibility index (Phi) is 3.94. The van der Waals surface area contributed by atoms with Crippen LogP contribution in [-0.4, -0.2) is 13.2 Å². The number of rotatable bonds is 3. The van der Waals surface area contributed by atoms with Gasteiger partial charge < -0.3 is 5.73 Å². The largest absolute Gasteiger partial charge is 0.326 e. The van der Waals surface area contributed by atoms with Crippen LogP contribution in [0.15, 0.2) is 18.2 Å². The van der Waals surface area contributed by atoms with E-state index in [1.807, 2.05) is 0 Å². The summed E-state index contributed by atoms with van der Waals surface area (Å²) >= 11 is 0. The van der Waals surface area contributed by atoms with Gasteiger partial charge in [-0.25, -0.2) is 12.8 Å². The van der Waals surface area contributed by atoms with Crippen molar-refractivity contribution in [1.29, 1.82) is 0 Å². The molecule has 0 spiro atoms. The molecule has 0 amide bonds. The number of sulfone groups is 1. The molecule has 1 aromatic carbocycles. The van der Waals surface area contributed by atoms with Crippen LogP contribution in [0.4, 0.5) is 4.39 Å². The van der Waals surface area contributed by atoms with Gasteiger partial charge in [-0.3, -0.25) is 0 Å². The lowest BCUT2D eigenvalue weighted by molar-refractivity contribution is 0.559. The fourth-order valence-corrected chi connectivity index (χ4v) is 2.47. The third kappa shape index (κ3) is 3.26. The smallest absolute Gasteiger partial charge is 0.159 e. The van der Waals surface area contributed by atoms with E-state index in [4.69, 9.17) is 5.73 Å². The fraction of sp³-hybridized carbons (Fsp3) is 0.500. The van der Waals surface area contributed by atoms with Crippen molar-refractivity contribution in [3.8, 4) is 0 Å². The third-order valence-corrected chi connectivity index (χ3v) is 5.22. The predicted molar refractivity (Wildman–Crippen MR) is 66.7 cm³/mol. The minimum Gasteiger partial charge on any atom is -0.326 e. The van der Waals surface area contributed by atoms with E-state index in [9.17, 15) is 12.8 Å². The summed E-state index contributed by atoms with van der Waals surface area (Å²) < 4.78 is 36.2. The molecule has 0 saturated carbocycles. The van der Waals surface area contributed by atoms with Crippen LogP contribution in [-0.2, 0) is 22.1 Å². The normalized spacial score (nSPS) is 12.8. The van der Waals surface area contributed by atoms with Crippen LogP contribution in [0.5, 0.6) is 0 Å². The Hall–Kier alpha value is -0.940. The van der Waals surface area contributed by atoms with Crippen molar-refractivity contribution in [3.63, 3.8) is 0 Å². The van der Waals surface area contributed by atoms with Crippen molar-refractivity contribution < 1.29 is 12.8 Å². The second kappa shape index (κ2) is 4.74. The van der Waals surface area contributed by atoms with Crippen molar-refractivity contribution in [2.24, 2.45) is 5.73 Å². The fourth-order valence-electron chi connectivity index (χ4n) is 1.35. The summed E-state index contributed by atoms with van der Waals surface area (Å²) in [5.74, 6) is -0.508. The maximum atomic E-state index is 13.0. The summed E-state index contributed by atoms with van der Waals surface area (Å²) in [7, 11) is -3.27. The van der Waals surface area contributed by atoms with E-state index in [-0.39, 0.29) is 12.3 Å². The van der Waals surface area contributed by atoms with Gasteiger partial charge in [-0.05, 0) is 44.0 Å². The first kappa shape index (κ1) is 14.1. The van der Waals surface area contributed by atoms with E-state index in [0.717, 1.165) is 0 Å². The van der Waals surface area contributed by atoms with Gasteiger partial charge in [0, 0.05) is 6.54 Å². The molecule has 0 radical (unpaired) electrons. The third-order valence-electron chi connectivity index (χ3n) is 2.67. The van der Waals surface area contributed by atoms with Crippen LogP contribution in [0.2, 0.25) is 0 Å². The van der Waals surface area contributed by atoms with Gasteiger partial charge in [-0.15, -0.1) is 0 Å². The number of hydrogen-bond donors (Lipinski definition) is 1. The van der Waals surface area contributed by atoms with Crippen molar-refractivity contribution >= 4 is 9.84 Å². The summed E-state index contributed by atoms with van der Waals surface area (Å²) in [6.07, 6.45) is 0. The van der Waals surface area contributed by atoms with Gasteiger partial charge in [0.15, 0.2) is 9.84 Å². The zero-order valence-electron chi connectivity index (χ0n) is 10.3. The van der Waals surface area contributed by atoms with Gasteiger partial charge in [0.1, 0.15) is 5.82 Å². The van der Waals surface area contributed by atoms with E-state index < -0.39 is 20.4 Å². The second-order valence-corrected chi connectivity index (χ2v) is 7.73. The van der Waals surface area contributed by atoms with E-state index >= 15 is 0 Å². The first-order valence-corrected chi connectivity index (χ1v) is 7.02. The SMILES string of the molecule is CC(C)(C)S(=O)(=O)Cc1ccc(F)cc1CN. The summed E-state index contributed by atoms with van der Waals surface area (Å²) in [5.41, 5.74) is 6.60. The summed E-state index contributed by atoms with van der Waals surface area (Å²) in [6.45, 7) is 5.07. The number of halogens is 1. The van der Waals surface area contributed by atoms with Gasteiger partial charge in [0.25, 0.3) is 0 Å². The molecule has 17 heavy (non-hydrogen) atoms. The Morgan fingerprint density at radius 2 is 1.82 bits per heavy atom. The molecule has 0 unspecified atom stereocenters. The summed E-state index contributed by atoms with van der Waals surface area (Å²) in [5, 5.41) is 0. The second-order valence-electron chi connectivity index (χ2n) is 4.99. The molecule has 0 aliphatic carbocycles. The highest BCUT2D eigenvalue weighted by molar-refractivity contribution is 7.91. The lowest BCUT2D eigenvalue weighted by atomic mass is 10.1. The van der Waals surface area contributed by atoms with Crippen molar-refractivity contribution in [3.05, 3.63) is 35.1 Å². The highest BCUT2D eigenvalue weighted by atomic mass is 32.2. The highest BCUT2D eigenvalue weighted by Crippen LogP contribution is 2.22. The molecule has 0 heterocycles. The standard InChI is InChI=1S/C12H18FNO2S/c1-12(2,3)17(15,16)8-9-4-5-11(13)6-10(9)7-14/h4-6H,7-8,14H2,1-3H3.